The zero-order valence-electron chi connectivity index (χ0n) is 6.77. The topological polar surface area (TPSA) is 57.2 Å². The molecule has 64 valence electrons. The van der Waals surface area contributed by atoms with E-state index in [2.05, 4.69) is 0 Å². The van der Waals surface area contributed by atoms with Crippen LogP contribution in [0.25, 0.3) is 11.0 Å². The van der Waals surface area contributed by atoms with Crippen LogP contribution in [-0.2, 0) is 0 Å². The Morgan fingerprint density at radius 3 is 3.00 bits per heavy atom. The van der Waals surface area contributed by atoms with Gasteiger partial charge in [0.05, 0.1) is 12.3 Å². The average Bonchev–Trinajstić information content (AvgIpc) is 2.63. The van der Waals surface area contributed by atoms with Gasteiger partial charge in [-0.3, -0.25) is 0 Å². The maximum Gasteiger partial charge on any atom is 0.165 e. The Balaban J connectivity index is 2.55. The van der Waals surface area contributed by atoms with Crippen molar-refractivity contribution in [2.45, 2.75) is 6.10 Å². The minimum atomic E-state index is -1.06. The third-order valence-corrected chi connectivity index (χ3v) is 1.91. The highest BCUT2D eigenvalue weighted by atomic mass is 16.3. The van der Waals surface area contributed by atoms with Gasteiger partial charge in [-0.2, -0.15) is 5.26 Å². The van der Waals surface area contributed by atoms with E-state index in [-0.39, 0.29) is 0 Å². The number of benzene rings is 1. The maximum atomic E-state index is 9.23. The fourth-order valence-electron chi connectivity index (χ4n) is 1.23. The zero-order chi connectivity index (χ0) is 9.26. The number of aliphatic hydroxyl groups excluding tert-OH is 1. The quantitative estimate of drug-likeness (QED) is 0.671. The molecule has 3 heteroatoms. The molecule has 0 aliphatic carbocycles. The molecule has 0 saturated heterocycles. The molecule has 13 heavy (non-hydrogen) atoms. The summed E-state index contributed by atoms with van der Waals surface area (Å²) in [5, 5.41) is 18.6. The summed E-state index contributed by atoms with van der Waals surface area (Å²) in [4.78, 5) is 0. The average molecular weight is 173 g/mol. The van der Waals surface area contributed by atoms with Crippen LogP contribution < -0.4 is 0 Å². The minimum Gasteiger partial charge on any atom is -0.464 e. The second-order valence-electron chi connectivity index (χ2n) is 2.75. The van der Waals surface area contributed by atoms with Crippen LogP contribution >= 0.6 is 0 Å². The van der Waals surface area contributed by atoms with Crippen LogP contribution in [0, 0.1) is 11.3 Å². The lowest BCUT2D eigenvalue weighted by Gasteiger charge is -2.00. The molecular weight excluding hydrogens is 166 g/mol. The predicted molar refractivity (Wildman–Crippen MR) is 46.8 cm³/mol. The first kappa shape index (κ1) is 7.84. The summed E-state index contributed by atoms with van der Waals surface area (Å²) in [6.45, 7) is 0. The molecule has 0 saturated carbocycles. The van der Waals surface area contributed by atoms with Crippen molar-refractivity contribution in [2.75, 3.05) is 0 Å². The van der Waals surface area contributed by atoms with Gasteiger partial charge in [0.15, 0.2) is 6.10 Å². The van der Waals surface area contributed by atoms with Crippen molar-refractivity contribution in [3.05, 3.63) is 36.1 Å². The van der Waals surface area contributed by atoms with E-state index in [4.69, 9.17) is 9.68 Å². The van der Waals surface area contributed by atoms with Crippen molar-refractivity contribution in [2.24, 2.45) is 0 Å². The van der Waals surface area contributed by atoms with Gasteiger partial charge in [0, 0.05) is 5.39 Å². The molecule has 1 N–H and O–H groups in total. The van der Waals surface area contributed by atoms with Crippen LogP contribution in [0.3, 0.4) is 0 Å². The van der Waals surface area contributed by atoms with Crippen LogP contribution in [0.2, 0.25) is 0 Å². The van der Waals surface area contributed by atoms with Crippen molar-refractivity contribution in [1.82, 2.24) is 0 Å². The minimum absolute atomic E-state index is 0.594. The Labute approximate surface area is 74.8 Å². The van der Waals surface area contributed by atoms with E-state index in [9.17, 15) is 5.11 Å². The SMILES string of the molecule is N#CC(O)c1ccc2occc2c1. The highest BCUT2D eigenvalue weighted by molar-refractivity contribution is 5.77. The smallest absolute Gasteiger partial charge is 0.165 e. The summed E-state index contributed by atoms with van der Waals surface area (Å²) < 4.78 is 5.12. The molecule has 1 aromatic carbocycles. The molecule has 2 rings (SSSR count). The Kier molecular flexibility index (Phi) is 1.76. The van der Waals surface area contributed by atoms with Crippen molar-refractivity contribution in [3.63, 3.8) is 0 Å². The third-order valence-electron chi connectivity index (χ3n) is 1.91. The highest BCUT2D eigenvalue weighted by Crippen LogP contribution is 2.20. The summed E-state index contributed by atoms with van der Waals surface area (Å²) in [5.74, 6) is 0. The molecule has 3 nitrogen and oxygen atoms in total. The first-order valence-corrected chi connectivity index (χ1v) is 3.86. The van der Waals surface area contributed by atoms with E-state index in [0.717, 1.165) is 11.0 Å². The van der Waals surface area contributed by atoms with Gasteiger partial charge in [0.2, 0.25) is 0 Å². The number of aliphatic hydroxyl groups is 1. The molecule has 0 aliphatic heterocycles. The van der Waals surface area contributed by atoms with Crippen LogP contribution in [0.1, 0.15) is 11.7 Å². The van der Waals surface area contributed by atoms with Gasteiger partial charge in [-0.25, -0.2) is 0 Å². The number of fused-ring (bicyclic) bond motifs is 1. The molecule has 0 radical (unpaired) electrons. The molecule has 1 atom stereocenters. The molecule has 1 unspecified atom stereocenters. The second-order valence-corrected chi connectivity index (χ2v) is 2.75. The van der Waals surface area contributed by atoms with E-state index in [1.807, 2.05) is 0 Å². The van der Waals surface area contributed by atoms with Crippen molar-refractivity contribution < 1.29 is 9.52 Å². The normalized spacial score (nSPS) is 12.6. The van der Waals surface area contributed by atoms with Gasteiger partial charge in [-0.1, -0.05) is 6.07 Å². The molecule has 0 fully saturated rings. The van der Waals surface area contributed by atoms with Gasteiger partial charge in [0.25, 0.3) is 0 Å². The molecule has 0 amide bonds. The summed E-state index contributed by atoms with van der Waals surface area (Å²) >= 11 is 0. The Morgan fingerprint density at radius 2 is 2.23 bits per heavy atom. The molecule has 0 bridgehead atoms. The van der Waals surface area contributed by atoms with E-state index in [1.54, 1.807) is 36.6 Å². The fraction of sp³-hybridized carbons (Fsp3) is 0.100. The Bertz CT molecular complexity index is 467. The van der Waals surface area contributed by atoms with Crippen molar-refractivity contribution in [1.29, 1.82) is 5.26 Å². The van der Waals surface area contributed by atoms with Crippen LogP contribution in [0.15, 0.2) is 34.9 Å². The standard InChI is InChI=1S/C10H7NO2/c11-6-9(12)7-1-2-10-8(5-7)3-4-13-10/h1-5,9,12H. The molecule has 2 aromatic rings. The van der Waals surface area contributed by atoms with Gasteiger partial charge in [-0.15, -0.1) is 0 Å². The monoisotopic (exact) mass is 173 g/mol. The molecular formula is C10H7NO2. The maximum absolute atomic E-state index is 9.23. The lowest BCUT2D eigenvalue weighted by atomic mass is 10.1. The Hall–Kier alpha value is -1.79. The van der Waals surface area contributed by atoms with E-state index >= 15 is 0 Å². The number of rotatable bonds is 1. The largest absolute Gasteiger partial charge is 0.464 e. The highest BCUT2D eigenvalue weighted by Gasteiger charge is 2.06. The molecule has 0 spiro atoms. The summed E-state index contributed by atoms with van der Waals surface area (Å²) in [6.07, 6.45) is 0.520. The number of nitrogens with zero attached hydrogens (tertiary/aromatic N) is 1. The van der Waals surface area contributed by atoms with Crippen molar-refractivity contribution in [3.8, 4) is 6.07 Å². The summed E-state index contributed by atoms with van der Waals surface area (Å²) in [5.41, 5.74) is 1.35. The van der Waals surface area contributed by atoms with E-state index in [1.165, 1.54) is 0 Å². The number of nitriles is 1. The van der Waals surface area contributed by atoms with Gasteiger partial charge in [0.1, 0.15) is 5.58 Å². The predicted octanol–water partition coefficient (Wildman–Crippen LogP) is 1.99. The second kappa shape index (κ2) is 2.92. The van der Waals surface area contributed by atoms with Gasteiger partial charge < -0.3 is 9.52 Å². The fourth-order valence-corrected chi connectivity index (χ4v) is 1.23. The third kappa shape index (κ3) is 1.28. The number of furan rings is 1. The van der Waals surface area contributed by atoms with E-state index in [0.29, 0.717) is 5.56 Å². The van der Waals surface area contributed by atoms with Gasteiger partial charge in [-0.05, 0) is 23.8 Å². The van der Waals surface area contributed by atoms with Crippen molar-refractivity contribution >= 4 is 11.0 Å². The first-order chi connectivity index (χ1) is 6.31. The summed E-state index contributed by atoms with van der Waals surface area (Å²) in [7, 11) is 0. The van der Waals surface area contributed by atoms with E-state index < -0.39 is 6.10 Å². The molecule has 0 aliphatic rings. The molecule has 1 aromatic heterocycles. The number of hydrogen-bond acceptors (Lipinski definition) is 3. The lowest BCUT2D eigenvalue weighted by molar-refractivity contribution is 0.236. The van der Waals surface area contributed by atoms with Crippen LogP contribution in [0.5, 0.6) is 0 Å². The molecule has 1 heterocycles. The zero-order valence-corrected chi connectivity index (χ0v) is 6.77. The lowest BCUT2D eigenvalue weighted by Crippen LogP contribution is -1.91. The van der Waals surface area contributed by atoms with Crippen LogP contribution in [-0.4, -0.2) is 5.11 Å². The summed E-state index contributed by atoms with van der Waals surface area (Å²) in [6, 6.07) is 8.72. The van der Waals surface area contributed by atoms with Crippen LogP contribution in [0.4, 0.5) is 0 Å². The van der Waals surface area contributed by atoms with Gasteiger partial charge >= 0.3 is 0 Å². The first-order valence-electron chi connectivity index (χ1n) is 3.86. The Morgan fingerprint density at radius 1 is 1.38 bits per heavy atom. The number of hydrogen-bond donors (Lipinski definition) is 1.